The summed E-state index contributed by atoms with van der Waals surface area (Å²) < 4.78 is 33.0. The maximum atomic E-state index is 12.9. The smallest absolute Gasteiger partial charge is 0.243 e. The van der Waals surface area contributed by atoms with Crippen molar-refractivity contribution in [2.45, 2.75) is 43.6 Å². The largest absolute Gasteiger partial charge is 0.508 e. The first-order chi connectivity index (χ1) is 15.3. The Balaban J connectivity index is 1.38. The van der Waals surface area contributed by atoms with Gasteiger partial charge in [0.05, 0.1) is 4.90 Å². The van der Waals surface area contributed by atoms with E-state index in [2.05, 4.69) is 19.2 Å². The monoisotopic (exact) mass is 462 g/mol. The molecule has 1 fully saturated rings. The number of phenols is 1. The van der Waals surface area contributed by atoms with Crippen molar-refractivity contribution in [2.24, 2.45) is 5.92 Å². The van der Waals surface area contributed by atoms with Gasteiger partial charge in [-0.3, -0.25) is 0 Å². The molecule has 1 atom stereocenters. The third-order valence-corrected chi connectivity index (χ3v) is 7.76. The Labute approximate surface area is 191 Å². The van der Waals surface area contributed by atoms with Crippen LogP contribution in [0, 0.1) is 5.92 Å². The molecule has 3 rings (SSSR count). The van der Waals surface area contributed by atoms with Gasteiger partial charge in [-0.2, -0.15) is 4.31 Å². The minimum absolute atomic E-state index is 0.157. The molecule has 3 N–H and O–H groups in total. The summed E-state index contributed by atoms with van der Waals surface area (Å²) >= 11 is 0. The second-order valence-electron chi connectivity index (χ2n) is 8.69. The molecule has 7 nitrogen and oxygen atoms in total. The molecule has 0 aromatic heterocycles. The second-order valence-corrected chi connectivity index (χ2v) is 10.6. The number of nitrogens with one attached hydrogen (secondary N) is 1. The number of hydrogen-bond donors (Lipinski definition) is 3. The van der Waals surface area contributed by atoms with Crippen molar-refractivity contribution >= 4 is 10.0 Å². The number of rotatable bonds is 10. The Morgan fingerprint density at radius 1 is 1.06 bits per heavy atom. The van der Waals surface area contributed by atoms with E-state index >= 15 is 0 Å². The van der Waals surface area contributed by atoms with Crippen molar-refractivity contribution < 1.29 is 23.4 Å². The van der Waals surface area contributed by atoms with Gasteiger partial charge in [0.25, 0.3) is 0 Å². The van der Waals surface area contributed by atoms with Crippen LogP contribution in [0.3, 0.4) is 0 Å². The quantitative estimate of drug-likeness (QED) is 0.502. The van der Waals surface area contributed by atoms with Crippen molar-refractivity contribution in [3.63, 3.8) is 0 Å². The van der Waals surface area contributed by atoms with E-state index in [0.717, 1.165) is 24.9 Å². The number of phenolic OH excluding ortho intramolecular Hbond substituents is 1. The van der Waals surface area contributed by atoms with Gasteiger partial charge in [-0.25, -0.2) is 8.42 Å². The highest BCUT2D eigenvalue weighted by Crippen LogP contribution is 2.25. The summed E-state index contributed by atoms with van der Waals surface area (Å²) in [5.41, 5.74) is 1.13. The number of aromatic hydroxyl groups is 1. The lowest BCUT2D eigenvalue weighted by molar-refractivity contribution is 0.104. The lowest BCUT2D eigenvalue weighted by Crippen LogP contribution is -2.42. The van der Waals surface area contributed by atoms with Gasteiger partial charge in [0.2, 0.25) is 10.0 Å². The van der Waals surface area contributed by atoms with E-state index < -0.39 is 16.1 Å². The molecule has 1 aliphatic heterocycles. The lowest BCUT2D eigenvalue weighted by atomic mass is 9.98. The number of aliphatic hydroxyl groups excluding tert-OH is 1. The van der Waals surface area contributed by atoms with Crippen LogP contribution < -0.4 is 10.1 Å². The number of benzene rings is 2. The number of aliphatic hydroxyl groups is 1. The summed E-state index contributed by atoms with van der Waals surface area (Å²) in [7, 11) is -3.46. The van der Waals surface area contributed by atoms with Gasteiger partial charge in [0.1, 0.15) is 24.2 Å². The normalized spacial score (nSPS) is 16.9. The van der Waals surface area contributed by atoms with Gasteiger partial charge in [-0.05, 0) is 73.2 Å². The van der Waals surface area contributed by atoms with Crippen molar-refractivity contribution in [2.75, 3.05) is 32.8 Å². The van der Waals surface area contributed by atoms with E-state index in [1.807, 2.05) is 12.1 Å². The molecule has 32 heavy (non-hydrogen) atoms. The van der Waals surface area contributed by atoms with Crippen molar-refractivity contribution in [1.29, 1.82) is 0 Å². The predicted octanol–water partition coefficient (Wildman–Crippen LogP) is 2.95. The number of piperidine rings is 1. The minimum Gasteiger partial charge on any atom is -0.508 e. The summed E-state index contributed by atoms with van der Waals surface area (Å²) in [6.45, 7) is 6.48. The van der Waals surface area contributed by atoms with Gasteiger partial charge in [0, 0.05) is 19.6 Å². The summed E-state index contributed by atoms with van der Waals surface area (Å²) in [5.74, 6) is 1.50. The number of hydrogen-bond acceptors (Lipinski definition) is 6. The van der Waals surface area contributed by atoms with E-state index in [-0.39, 0.29) is 12.4 Å². The van der Waals surface area contributed by atoms with Crippen LogP contribution in [0.5, 0.6) is 11.5 Å². The van der Waals surface area contributed by atoms with Gasteiger partial charge in [-0.15, -0.1) is 0 Å². The van der Waals surface area contributed by atoms with E-state index in [1.54, 1.807) is 28.6 Å². The molecule has 0 radical (unpaired) electrons. The molecule has 1 heterocycles. The fourth-order valence-electron chi connectivity index (χ4n) is 3.78. The third-order valence-electron chi connectivity index (χ3n) is 5.85. The molecule has 0 amide bonds. The molecule has 1 saturated heterocycles. The Morgan fingerprint density at radius 3 is 2.28 bits per heavy atom. The Kier molecular flexibility index (Phi) is 8.53. The molecular formula is C24H34N2O5S. The molecule has 0 saturated carbocycles. The zero-order valence-electron chi connectivity index (χ0n) is 18.8. The van der Waals surface area contributed by atoms with Gasteiger partial charge in [-0.1, -0.05) is 26.0 Å². The zero-order valence-corrected chi connectivity index (χ0v) is 19.6. The molecule has 1 aliphatic rings. The van der Waals surface area contributed by atoms with Crippen LogP contribution in [0.25, 0.3) is 0 Å². The fourth-order valence-corrected chi connectivity index (χ4v) is 5.24. The van der Waals surface area contributed by atoms with Crippen LogP contribution in [0.4, 0.5) is 0 Å². The van der Waals surface area contributed by atoms with E-state index in [9.17, 15) is 18.6 Å². The van der Waals surface area contributed by atoms with Crippen molar-refractivity contribution in [3.05, 3.63) is 54.1 Å². The van der Waals surface area contributed by atoms with Gasteiger partial charge >= 0.3 is 0 Å². The average Bonchev–Trinajstić information content (AvgIpc) is 2.79. The molecule has 0 bridgehead atoms. The van der Waals surface area contributed by atoms with E-state index in [0.29, 0.717) is 42.1 Å². The molecule has 8 heteroatoms. The first-order valence-corrected chi connectivity index (χ1v) is 12.6. The summed E-state index contributed by atoms with van der Waals surface area (Å²) in [5, 5.41) is 22.6. The minimum atomic E-state index is -3.46. The molecule has 2 aromatic carbocycles. The van der Waals surface area contributed by atoms with Crippen LogP contribution >= 0.6 is 0 Å². The van der Waals surface area contributed by atoms with Gasteiger partial charge < -0.3 is 20.3 Å². The highest BCUT2D eigenvalue weighted by molar-refractivity contribution is 7.89. The molecular weight excluding hydrogens is 428 g/mol. The van der Waals surface area contributed by atoms with Crippen LogP contribution in [0.2, 0.25) is 0 Å². The summed E-state index contributed by atoms with van der Waals surface area (Å²) in [6.07, 6.45) is 0.922. The Bertz CT molecular complexity index is 937. The van der Waals surface area contributed by atoms with Crippen molar-refractivity contribution in [1.82, 2.24) is 9.62 Å². The Morgan fingerprint density at radius 2 is 1.69 bits per heavy atom. The number of sulfonamides is 1. The highest BCUT2D eigenvalue weighted by Gasteiger charge is 2.29. The average molecular weight is 463 g/mol. The Hall–Kier alpha value is -2.13. The van der Waals surface area contributed by atoms with E-state index in [4.69, 9.17) is 4.74 Å². The van der Waals surface area contributed by atoms with Crippen LogP contribution in [-0.2, 0) is 10.0 Å². The van der Waals surface area contributed by atoms with Crippen LogP contribution in [0.15, 0.2) is 53.4 Å². The zero-order chi connectivity index (χ0) is 23.1. The number of nitrogens with zero attached hydrogens (tertiary/aromatic N) is 1. The third kappa shape index (κ3) is 6.68. The topological polar surface area (TPSA) is 99.1 Å². The molecule has 0 aliphatic carbocycles. The highest BCUT2D eigenvalue weighted by atomic mass is 32.2. The SMILES string of the molecule is CC(C)c1ccc(S(=O)(=O)N2CCC(CNC[C@@H](O)COc3ccc(O)cc3)CC2)cc1. The first-order valence-electron chi connectivity index (χ1n) is 11.2. The van der Waals surface area contributed by atoms with Crippen LogP contribution in [0.1, 0.15) is 38.2 Å². The van der Waals surface area contributed by atoms with Crippen molar-refractivity contribution in [3.8, 4) is 11.5 Å². The molecule has 0 unspecified atom stereocenters. The summed E-state index contributed by atoms with van der Waals surface area (Å²) in [4.78, 5) is 0.357. The standard InChI is InChI=1S/C24H34N2O5S/c1-18(2)20-3-9-24(10-4-20)32(29,30)26-13-11-19(12-14-26)15-25-16-22(28)17-31-23-7-5-21(27)6-8-23/h3-10,18-19,22,25,27-28H,11-17H2,1-2H3/t22-/m1/s1. The maximum absolute atomic E-state index is 12.9. The predicted molar refractivity (Wildman–Crippen MR) is 124 cm³/mol. The summed E-state index contributed by atoms with van der Waals surface area (Å²) in [6, 6.07) is 13.6. The number of ether oxygens (including phenoxy) is 1. The van der Waals surface area contributed by atoms with Crippen LogP contribution in [-0.4, -0.2) is 61.8 Å². The van der Waals surface area contributed by atoms with E-state index in [1.165, 1.54) is 12.1 Å². The molecule has 176 valence electrons. The fraction of sp³-hybridized carbons (Fsp3) is 0.500. The second kappa shape index (κ2) is 11.1. The molecule has 2 aromatic rings. The lowest BCUT2D eigenvalue weighted by Gasteiger charge is -2.31. The first kappa shape index (κ1) is 24.5. The maximum Gasteiger partial charge on any atom is 0.243 e. The van der Waals surface area contributed by atoms with Gasteiger partial charge in [0.15, 0.2) is 0 Å². The molecule has 0 spiro atoms.